The van der Waals surface area contributed by atoms with Crippen molar-refractivity contribution in [2.45, 2.75) is 47.1 Å². The smallest absolute Gasteiger partial charge is 0.191 e. The number of halogens is 1. The van der Waals surface area contributed by atoms with Crippen LogP contribution >= 0.6 is 24.0 Å². The Morgan fingerprint density at radius 2 is 1.90 bits per heavy atom. The van der Waals surface area contributed by atoms with Crippen LogP contribution in [-0.2, 0) is 13.5 Å². The average molecular weight is 407 g/mol. The summed E-state index contributed by atoms with van der Waals surface area (Å²) in [4.78, 5) is 4.27. The molecular weight excluding hydrogens is 377 g/mol. The summed E-state index contributed by atoms with van der Waals surface area (Å²) in [5.41, 5.74) is 3.68. The highest BCUT2D eigenvalue weighted by molar-refractivity contribution is 14.0. The Kier molecular flexibility index (Phi) is 8.92. The molecular formula is C15H30IN5. The van der Waals surface area contributed by atoms with Gasteiger partial charge in [-0.1, -0.05) is 13.8 Å². The first-order valence-electron chi connectivity index (χ1n) is 7.31. The minimum Gasteiger partial charge on any atom is -0.356 e. The van der Waals surface area contributed by atoms with E-state index in [-0.39, 0.29) is 24.0 Å². The number of aromatic nitrogens is 2. The first-order valence-corrected chi connectivity index (χ1v) is 7.31. The summed E-state index contributed by atoms with van der Waals surface area (Å²) in [5, 5.41) is 11.2. The first-order chi connectivity index (χ1) is 9.35. The normalized spacial score (nSPS) is 13.0. The predicted molar refractivity (Wildman–Crippen MR) is 101 cm³/mol. The molecule has 0 aliphatic carbocycles. The molecule has 1 rings (SSSR count). The van der Waals surface area contributed by atoms with Crippen LogP contribution in [0.1, 0.15) is 37.7 Å². The summed E-state index contributed by atoms with van der Waals surface area (Å²) >= 11 is 0. The zero-order valence-corrected chi connectivity index (χ0v) is 16.6. The zero-order valence-electron chi connectivity index (χ0n) is 14.3. The van der Waals surface area contributed by atoms with Crippen molar-refractivity contribution in [3.8, 4) is 0 Å². The Bertz CT molecular complexity index is 465. The summed E-state index contributed by atoms with van der Waals surface area (Å²) in [6.07, 6.45) is 0.952. The fraction of sp³-hybridized carbons (Fsp3) is 0.733. The molecule has 122 valence electrons. The van der Waals surface area contributed by atoms with Gasteiger partial charge in [0.2, 0.25) is 0 Å². The number of nitrogens with one attached hydrogen (secondary N) is 2. The number of hydrogen-bond acceptors (Lipinski definition) is 2. The summed E-state index contributed by atoms with van der Waals surface area (Å²) in [7, 11) is 3.80. The van der Waals surface area contributed by atoms with Gasteiger partial charge in [-0.3, -0.25) is 9.67 Å². The van der Waals surface area contributed by atoms with E-state index in [1.54, 1.807) is 0 Å². The highest BCUT2D eigenvalue weighted by Gasteiger charge is 2.13. The van der Waals surface area contributed by atoms with E-state index in [4.69, 9.17) is 0 Å². The molecule has 0 radical (unpaired) electrons. The van der Waals surface area contributed by atoms with Crippen molar-refractivity contribution in [2.75, 3.05) is 13.6 Å². The number of nitrogens with zero attached hydrogens (tertiary/aromatic N) is 3. The van der Waals surface area contributed by atoms with Gasteiger partial charge >= 0.3 is 0 Å². The van der Waals surface area contributed by atoms with Crippen LogP contribution in [0.4, 0.5) is 0 Å². The van der Waals surface area contributed by atoms with Crippen LogP contribution in [-0.4, -0.2) is 35.4 Å². The van der Waals surface area contributed by atoms with Gasteiger partial charge in [0.15, 0.2) is 5.96 Å². The number of rotatable bonds is 5. The van der Waals surface area contributed by atoms with Gasteiger partial charge in [-0.25, -0.2) is 0 Å². The zero-order chi connectivity index (χ0) is 15.3. The molecule has 0 spiro atoms. The Balaban J connectivity index is 0.00000400. The molecule has 5 nitrogen and oxygen atoms in total. The largest absolute Gasteiger partial charge is 0.356 e. The molecule has 0 aliphatic rings. The molecule has 0 aliphatic heterocycles. The van der Waals surface area contributed by atoms with Crippen LogP contribution < -0.4 is 10.6 Å². The maximum absolute atomic E-state index is 4.47. The lowest BCUT2D eigenvalue weighted by atomic mass is 10.1. The van der Waals surface area contributed by atoms with Crippen molar-refractivity contribution in [1.82, 2.24) is 20.4 Å². The number of hydrogen-bond donors (Lipinski definition) is 2. The van der Waals surface area contributed by atoms with Gasteiger partial charge in [-0.05, 0) is 38.7 Å². The third kappa shape index (κ3) is 6.23. The van der Waals surface area contributed by atoms with E-state index in [9.17, 15) is 0 Å². The molecule has 6 heteroatoms. The van der Waals surface area contributed by atoms with Gasteiger partial charge in [0.05, 0.1) is 5.69 Å². The van der Waals surface area contributed by atoms with Gasteiger partial charge in [0, 0.05) is 32.4 Å². The maximum atomic E-state index is 4.47. The van der Waals surface area contributed by atoms with E-state index in [0.29, 0.717) is 12.0 Å². The number of guanidine groups is 1. The molecule has 1 heterocycles. The first kappa shape index (κ1) is 20.2. The predicted octanol–water partition coefficient (Wildman–Crippen LogP) is 2.41. The lowest BCUT2D eigenvalue weighted by Gasteiger charge is -2.19. The second kappa shape index (κ2) is 9.27. The third-order valence-corrected chi connectivity index (χ3v) is 3.45. The van der Waals surface area contributed by atoms with Crippen molar-refractivity contribution in [1.29, 1.82) is 0 Å². The molecule has 1 aromatic heterocycles. The Morgan fingerprint density at radius 3 is 2.33 bits per heavy atom. The molecule has 21 heavy (non-hydrogen) atoms. The van der Waals surface area contributed by atoms with Crippen LogP contribution in [0.3, 0.4) is 0 Å². The van der Waals surface area contributed by atoms with Crippen molar-refractivity contribution in [3.63, 3.8) is 0 Å². The average Bonchev–Trinajstić information content (AvgIpc) is 2.61. The lowest BCUT2D eigenvalue weighted by Crippen LogP contribution is -2.44. The SMILES string of the molecule is CN=C(NCC(C)C)NC(C)Cc1c(C)nn(C)c1C.I. The molecule has 0 bridgehead atoms. The van der Waals surface area contributed by atoms with Gasteiger partial charge < -0.3 is 10.6 Å². The highest BCUT2D eigenvalue weighted by atomic mass is 127. The second-order valence-corrected chi connectivity index (χ2v) is 5.87. The third-order valence-electron chi connectivity index (χ3n) is 3.45. The maximum Gasteiger partial charge on any atom is 0.191 e. The number of aryl methyl sites for hydroxylation is 2. The molecule has 0 fully saturated rings. The van der Waals surface area contributed by atoms with E-state index >= 15 is 0 Å². The van der Waals surface area contributed by atoms with Crippen LogP contribution in [0.5, 0.6) is 0 Å². The molecule has 0 amide bonds. The van der Waals surface area contributed by atoms with Gasteiger partial charge in [-0.15, -0.1) is 24.0 Å². The minimum absolute atomic E-state index is 0. The molecule has 2 N–H and O–H groups in total. The Morgan fingerprint density at radius 1 is 1.29 bits per heavy atom. The molecule has 1 atom stereocenters. The summed E-state index contributed by atoms with van der Waals surface area (Å²) in [5.74, 6) is 1.47. The lowest BCUT2D eigenvalue weighted by molar-refractivity contribution is 0.592. The topological polar surface area (TPSA) is 54.2 Å². The van der Waals surface area contributed by atoms with E-state index < -0.39 is 0 Å². The van der Waals surface area contributed by atoms with Crippen molar-refractivity contribution >= 4 is 29.9 Å². The molecule has 0 saturated carbocycles. The Hall–Kier alpha value is -0.790. The van der Waals surface area contributed by atoms with E-state index in [2.05, 4.69) is 55.3 Å². The summed E-state index contributed by atoms with van der Waals surface area (Å²) in [6, 6.07) is 0.315. The fourth-order valence-electron chi connectivity index (χ4n) is 2.20. The molecule has 0 aromatic carbocycles. The van der Waals surface area contributed by atoms with Crippen molar-refractivity contribution < 1.29 is 0 Å². The molecule has 1 unspecified atom stereocenters. The molecule has 1 aromatic rings. The van der Waals surface area contributed by atoms with E-state index in [0.717, 1.165) is 24.6 Å². The molecule has 0 saturated heterocycles. The second-order valence-electron chi connectivity index (χ2n) is 5.87. The number of aliphatic imine (C=N–C) groups is 1. The quantitative estimate of drug-likeness (QED) is 0.448. The standard InChI is InChI=1S/C15H29N5.HI/c1-10(2)9-17-15(16-6)18-11(3)8-14-12(4)19-20(7)13(14)5;/h10-11H,8-9H2,1-7H3,(H2,16,17,18);1H. The minimum atomic E-state index is 0. The van der Waals surface area contributed by atoms with Crippen LogP contribution in [0.15, 0.2) is 4.99 Å². The summed E-state index contributed by atoms with van der Waals surface area (Å²) < 4.78 is 1.95. The Labute approximate surface area is 146 Å². The monoisotopic (exact) mass is 407 g/mol. The van der Waals surface area contributed by atoms with E-state index in [1.807, 2.05) is 18.8 Å². The van der Waals surface area contributed by atoms with Crippen LogP contribution in [0.2, 0.25) is 0 Å². The van der Waals surface area contributed by atoms with Crippen molar-refractivity contribution in [3.05, 3.63) is 17.0 Å². The van der Waals surface area contributed by atoms with Crippen molar-refractivity contribution in [2.24, 2.45) is 18.0 Å². The van der Waals surface area contributed by atoms with Gasteiger partial charge in [0.1, 0.15) is 0 Å². The fourth-order valence-corrected chi connectivity index (χ4v) is 2.20. The van der Waals surface area contributed by atoms with Gasteiger partial charge in [-0.2, -0.15) is 5.10 Å². The van der Waals surface area contributed by atoms with E-state index in [1.165, 1.54) is 11.3 Å². The van der Waals surface area contributed by atoms with Crippen LogP contribution in [0, 0.1) is 19.8 Å². The van der Waals surface area contributed by atoms with Crippen LogP contribution in [0.25, 0.3) is 0 Å². The highest BCUT2D eigenvalue weighted by Crippen LogP contribution is 2.14. The van der Waals surface area contributed by atoms with Gasteiger partial charge in [0.25, 0.3) is 0 Å². The summed E-state index contributed by atoms with van der Waals surface area (Å²) in [6.45, 7) is 11.7.